The molecule has 0 spiro atoms. The van der Waals surface area contributed by atoms with Gasteiger partial charge < -0.3 is 5.32 Å². The lowest BCUT2D eigenvalue weighted by Gasteiger charge is -2.21. The zero-order valence-corrected chi connectivity index (χ0v) is 12.2. The van der Waals surface area contributed by atoms with Gasteiger partial charge in [-0.15, -0.1) is 0 Å². The minimum Gasteiger partial charge on any atom is -0.310 e. The van der Waals surface area contributed by atoms with Gasteiger partial charge in [0, 0.05) is 12.6 Å². The van der Waals surface area contributed by atoms with Crippen molar-refractivity contribution >= 4 is 0 Å². The maximum atomic E-state index is 3.57. The van der Waals surface area contributed by atoms with Crippen molar-refractivity contribution < 1.29 is 0 Å². The van der Waals surface area contributed by atoms with Crippen LogP contribution in [0.2, 0.25) is 0 Å². The fourth-order valence-electron chi connectivity index (χ4n) is 1.76. The van der Waals surface area contributed by atoms with Gasteiger partial charge in [-0.3, -0.25) is 0 Å². The number of aryl methyl sites for hydroxylation is 1. The van der Waals surface area contributed by atoms with Crippen molar-refractivity contribution in [3.8, 4) is 0 Å². The van der Waals surface area contributed by atoms with E-state index in [1.54, 1.807) is 0 Å². The second kappa shape index (κ2) is 5.68. The maximum Gasteiger partial charge on any atom is 0.0210 e. The Morgan fingerprint density at radius 3 is 2.41 bits per heavy atom. The van der Waals surface area contributed by atoms with E-state index in [1.165, 1.54) is 23.1 Å². The van der Waals surface area contributed by atoms with Gasteiger partial charge in [0.25, 0.3) is 0 Å². The van der Waals surface area contributed by atoms with E-state index in [9.17, 15) is 0 Å². The first-order valence-electron chi connectivity index (χ1n) is 6.68. The van der Waals surface area contributed by atoms with Crippen LogP contribution in [0.5, 0.6) is 0 Å². The Morgan fingerprint density at radius 1 is 1.24 bits per heavy atom. The summed E-state index contributed by atoms with van der Waals surface area (Å²) in [5.74, 6) is 0. The lowest BCUT2D eigenvalue weighted by molar-refractivity contribution is 0.531. The fourth-order valence-corrected chi connectivity index (χ4v) is 1.76. The van der Waals surface area contributed by atoms with Crippen molar-refractivity contribution in [2.24, 2.45) is 0 Å². The van der Waals surface area contributed by atoms with E-state index in [4.69, 9.17) is 0 Å². The van der Waals surface area contributed by atoms with Gasteiger partial charge in [-0.25, -0.2) is 0 Å². The van der Waals surface area contributed by atoms with E-state index >= 15 is 0 Å². The molecule has 1 atom stereocenters. The third kappa shape index (κ3) is 4.16. The van der Waals surface area contributed by atoms with Crippen LogP contribution in [0.1, 0.15) is 57.7 Å². The second-order valence-electron chi connectivity index (χ2n) is 6.08. The van der Waals surface area contributed by atoms with Crippen LogP contribution >= 0.6 is 0 Å². The van der Waals surface area contributed by atoms with Crippen LogP contribution in [0.3, 0.4) is 0 Å². The van der Waals surface area contributed by atoms with Crippen LogP contribution in [0.25, 0.3) is 0 Å². The molecule has 1 unspecified atom stereocenters. The molecule has 1 nitrogen and oxygen atoms in total. The van der Waals surface area contributed by atoms with E-state index in [0.29, 0.717) is 6.04 Å². The normalized spacial score (nSPS) is 13.8. The van der Waals surface area contributed by atoms with E-state index in [2.05, 4.69) is 65.1 Å². The monoisotopic (exact) mass is 233 g/mol. The van der Waals surface area contributed by atoms with E-state index in [0.717, 1.165) is 6.54 Å². The first kappa shape index (κ1) is 14.2. The molecule has 0 saturated carbocycles. The predicted octanol–water partition coefficient (Wildman–Crippen LogP) is 4.18. The van der Waals surface area contributed by atoms with Crippen molar-refractivity contribution in [1.82, 2.24) is 5.32 Å². The minimum atomic E-state index is 0.235. The van der Waals surface area contributed by atoms with E-state index < -0.39 is 0 Å². The summed E-state index contributed by atoms with van der Waals surface area (Å²) in [6.07, 6.45) is 1.18. The van der Waals surface area contributed by atoms with Crippen LogP contribution in [0, 0.1) is 6.92 Å². The molecular weight excluding hydrogens is 206 g/mol. The van der Waals surface area contributed by atoms with Crippen LogP contribution in [-0.2, 0) is 12.0 Å². The molecule has 0 aliphatic carbocycles. The summed E-state index contributed by atoms with van der Waals surface area (Å²) in [4.78, 5) is 0. The van der Waals surface area contributed by atoms with Gasteiger partial charge in [0.1, 0.15) is 0 Å². The third-order valence-corrected chi connectivity index (χ3v) is 3.47. The van der Waals surface area contributed by atoms with Crippen molar-refractivity contribution in [1.29, 1.82) is 0 Å². The molecule has 0 radical (unpaired) electrons. The summed E-state index contributed by atoms with van der Waals surface area (Å²) in [7, 11) is 0. The highest BCUT2D eigenvalue weighted by Gasteiger charge is 2.14. The fraction of sp³-hybridized carbons (Fsp3) is 0.625. The van der Waals surface area contributed by atoms with Gasteiger partial charge in [0.2, 0.25) is 0 Å². The molecule has 1 rings (SSSR count). The maximum absolute atomic E-state index is 3.57. The standard InChI is InChI=1S/C16H27N/c1-7-13(3)17-11-14-10-15(16(4,5)6)9-8-12(14)2/h8-10,13,17H,7,11H2,1-6H3. The number of nitrogens with one attached hydrogen (secondary N) is 1. The Balaban J connectivity index is 2.84. The Morgan fingerprint density at radius 2 is 1.88 bits per heavy atom. The topological polar surface area (TPSA) is 12.0 Å². The summed E-state index contributed by atoms with van der Waals surface area (Å²) in [5.41, 5.74) is 4.47. The molecule has 0 heterocycles. The highest BCUT2D eigenvalue weighted by Crippen LogP contribution is 2.24. The van der Waals surface area contributed by atoms with Crippen LogP contribution < -0.4 is 5.32 Å². The van der Waals surface area contributed by atoms with Crippen molar-refractivity contribution in [3.05, 3.63) is 34.9 Å². The van der Waals surface area contributed by atoms with Gasteiger partial charge in [-0.05, 0) is 42.4 Å². The molecule has 1 aromatic rings. The number of benzene rings is 1. The summed E-state index contributed by atoms with van der Waals surface area (Å²) in [5, 5.41) is 3.57. The number of hydrogen-bond donors (Lipinski definition) is 1. The van der Waals surface area contributed by atoms with Crippen LogP contribution in [-0.4, -0.2) is 6.04 Å². The first-order valence-corrected chi connectivity index (χ1v) is 6.68. The Bertz CT molecular complexity index is 360. The number of rotatable bonds is 4. The summed E-state index contributed by atoms with van der Waals surface area (Å²) in [6, 6.07) is 7.44. The molecule has 1 heteroatoms. The number of hydrogen-bond acceptors (Lipinski definition) is 1. The largest absolute Gasteiger partial charge is 0.310 e. The van der Waals surface area contributed by atoms with Crippen molar-refractivity contribution in [2.45, 2.75) is 66.0 Å². The Kier molecular flexibility index (Phi) is 4.76. The zero-order valence-electron chi connectivity index (χ0n) is 12.2. The molecule has 0 aromatic heterocycles. The van der Waals surface area contributed by atoms with E-state index in [1.807, 2.05) is 0 Å². The predicted molar refractivity (Wildman–Crippen MR) is 76.5 cm³/mol. The SMILES string of the molecule is CCC(C)NCc1cc(C(C)(C)C)ccc1C. The average molecular weight is 233 g/mol. The molecule has 0 bridgehead atoms. The molecule has 1 aromatic carbocycles. The summed E-state index contributed by atoms with van der Waals surface area (Å²) >= 11 is 0. The first-order chi connectivity index (χ1) is 7.84. The molecule has 17 heavy (non-hydrogen) atoms. The molecule has 0 fully saturated rings. The quantitative estimate of drug-likeness (QED) is 0.822. The van der Waals surface area contributed by atoms with Crippen molar-refractivity contribution in [3.63, 3.8) is 0 Å². The van der Waals surface area contributed by atoms with E-state index in [-0.39, 0.29) is 5.41 Å². The van der Waals surface area contributed by atoms with Gasteiger partial charge in [-0.2, -0.15) is 0 Å². The lowest BCUT2D eigenvalue weighted by Crippen LogP contribution is -2.25. The molecule has 0 aliphatic heterocycles. The Labute approximate surface area is 107 Å². The molecular formula is C16H27N. The average Bonchev–Trinajstić information content (AvgIpc) is 2.26. The molecule has 1 N–H and O–H groups in total. The second-order valence-corrected chi connectivity index (χ2v) is 6.08. The minimum absolute atomic E-state index is 0.235. The summed E-state index contributed by atoms with van der Waals surface area (Å²) < 4.78 is 0. The highest BCUT2D eigenvalue weighted by atomic mass is 14.9. The lowest BCUT2D eigenvalue weighted by atomic mass is 9.85. The smallest absolute Gasteiger partial charge is 0.0210 e. The molecule has 0 saturated heterocycles. The Hall–Kier alpha value is -0.820. The molecule has 0 amide bonds. The van der Waals surface area contributed by atoms with Crippen LogP contribution in [0.4, 0.5) is 0 Å². The van der Waals surface area contributed by atoms with Crippen LogP contribution in [0.15, 0.2) is 18.2 Å². The van der Waals surface area contributed by atoms with Gasteiger partial charge in [0.05, 0.1) is 0 Å². The van der Waals surface area contributed by atoms with Gasteiger partial charge >= 0.3 is 0 Å². The van der Waals surface area contributed by atoms with Gasteiger partial charge in [-0.1, -0.05) is 45.9 Å². The molecule has 96 valence electrons. The summed E-state index contributed by atoms with van der Waals surface area (Å²) in [6.45, 7) is 14.4. The zero-order chi connectivity index (χ0) is 13.1. The highest BCUT2D eigenvalue weighted by molar-refractivity contribution is 5.34. The molecule has 0 aliphatic rings. The van der Waals surface area contributed by atoms with Gasteiger partial charge in [0.15, 0.2) is 0 Å². The van der Waals surface area contributed by atoms with Crippen molar-refractivity contribution in [2.75, 3.05) is 0 Å². The third-order valence-electron chi connectivity index (χ3n) is 3.47.